The van der Waals surface area contributed by atoms with Crippen LogP contribution in [0.3, 0.4) is 0 Å². The molecule has 64 heavy (non-hydrogen) atoms. The van der Waals surface area contributed by atoms with Crippen LogP contribution in [0.1, 0.15) is 81.2 Å². The molecule has 1 saturated carbocycles. The summed E-state index contributed by atoms with van der Waals surface area (Å²) >= 11 is 0. The number of nitrogens with two attached hydrogens (primary N) is 1. The smallest absolute Gasteiger partial charge is 0.262 e. The predicted molar refractivity (Wildman–Crippen MR) is 233 cm³/mol. The number of nitrogens with zero attached hydrogens (tertiary/aromatic N) is 8. The second-order valence-electron chi connectivity index (χ2n) is 17.2. The van der Waals surface area contributed by atoms with Gasteiger partial charge in [0.1, 0.15) is 35.4 Å². The van der Waals surface area contributed by atoms with E-state index in [-0.39, 0.29) is 31.0 Å². The summed E-state index contributed by atoms with van der Waals surface area (Å²) in [5.74, 6) is -2.29. The van der Waals surface area contributed by atoms with Crippen molar-refractivity contribution in [1.29, 1.82) is 0 Å². The SMILES string of the molecule is COc1ccc(F)cc1C(=O)NCc1ccc(-c2nn(C3CCN([C@H]4C[C@H](N5CCN(c6ccc7c(c6)C(=O)N([C@H]6CCC(=O)NC6=O)C7=O)CC5)C4)CC3)c3ncnc(N)c23)cc1. The zero-order chi connectivity index (χ0) is 44.2. The summed E-state index contributed by atoms with van der Waals surface area (Å²) in [7, 11) is 1.44. The number of benzene rings is 3. The first kappa shape index (κ1) is 41.2. The van der Waals surface area contributed by atoms with E-state index in [2.05, 4.69) is 35.3 Å². The number of imide groups is 2. The molecular weight excluding hydrogens is 822 g/mol. The number of methoxy groups -OCH3 is 1. The quantitative estimate of drug-likeness (QED) is 0.172. The van der Waals surface area contributed by atoms with E-state index in [9.17, 15) is 28.4 Å². The highest BCUT2D eigenvalue weighted by Crippen LogP contribution is 2.38. The van der Waals surface area contributed by atoms with Crippen molar-refractivity contribution in [2.45, 2.75) is 69.2 Å². The molecule has 6 heterocycles. The molecule has 0 unspecified atom stereocenters. The largest absolute Gasteiger partial charge is 0.496 e. The molecule has 1 aliphatic carbocycles. The van der Waals surface area contributed by atoms with Gasteiger partial charge in [-0.05, 0) is 74.1 Å². The van der Waals surface area contributed by atoms with E-state index >= 15 is 0 Å². The van der Waals surface area contributed by atoms with Crippen molar-refractivity contribution in [3.63, 3.8) is 0 Å². The second kappa shape index (κ2) is 16.7. The lowest BCUT2D eigenvalue weighted by Crippen LogP contribution is -2.59. The summed E-state index contributed by atoms with van der Waals surface area (Å²) in [6.45, 7) is 5.54. The number of piperazine rings is 1. The molecule has 5 amide bonds. The molecule has 330 valence electrons. The van der Waals surface area contributed by atoms with Crippen LogP contribution in [-0.4, -0.2) is 128 Å². The monoisotopic (exact) mass is 869 g/mol. The van der Waals surface area contributed by atoms with Crippen LogP contribution in [0.4, 0.5) is 15.9 Å². The molecule has 17 nitrogen and oxygen atoms in total. The molecule has 1 atom stereocenters. The lowest BCUT2D eigenvalue weighted by molar-refractivity contribution is -0.136. The number of nitrogen functional groups attached to an aromatic ring is 1. The van der Waals surface area contributed by atoms with Crippen LogP contribution in [0.2, 0.25) is 0 Å². The lowest BCUT2D eigenvalue weighted by atomic mass is 9.82. The Balaban J connectivity index is 0.720. The normalized spacial score (nSPS) is 22.1. The summed E-state index contributed by atoms with van der Waals surface area (Å²) in [5, 5.41) is 10.9. The second-order valence-corrected chi connectivity index (χ2v) is 17.2. The van der Waals surface area contributed by atoms with Crippen LogP contribution in [0.5, 0.6) is 5.75 Å². The summed E-state index contributed by atoms with van der Waals surface area (Å²) < 4.78 is 21.1. The number of anilines is 2. The summed E-state index contributed by atoms with van der Waals surface area (Å²) in [4.78, 5) is 80.9. The Labute approximate surface area is 367 Å². The summed E-state index contributed by atoms with van der Waals surface area (Å²) in [6, 6.07) is 17.1. The highest BCUT2D eigenvalue weighted by Gasteiger charge is 2.45. The molecular formula is C46H48FN11O6. The van der Waals surface area contributed by atoms with Gasteiger partial charge in [-0.1, -0.05) is 24.3 Å². The Bertz CT molecular complexity index is 2690. The minimum absolute atomic E-state index is 0.0857. The third-order valence-electron chi connectivity index (χ3n) is 13.7. The molecule has 5 aliphatic rings. The van der Waals surface area contributed by atoms with Gasteiger partial charge in [0.25, 0.3) is 17.7 Å². The van der Waals surface area contributed by atoms with Crippen LogP contribution < -0.4 is 26.0 Å². The maximum Gasteiger partial charge on any atom is 0.262 e. The van der Waals surface area contributed by atoms with Gasteiger partial charge in [-0.3, -0.25) is 39.1 Å². The first-order chi connectivity index (χ1) is 31.0. The van der Waals surface area contributed by atoms with Gasteiger partial charge in [0.15, 0.2) is 5.65 Å². The minimum Gasteiger partial charge on any atom is -0.496 e. The Hall–Kier alpha value is -6.79. The first-order valence-electron chi connectivity index (χ1n) is 21.8. The maximum absolute atomic E-state index is 13.9. The van der Waals surface area contributed by atoms with Crippen molar-refractivity contribution in [2.24, 2.45) is 0 Å². The molecule has 0 spiro atoms. The highest BCUT2D eigenvalue weighted by molar-refractivity contribution is 6.23. The van der Waals surface area contributed by atoms with E-state index < -0.39 is 41.4 Å². The Kier molecular flexibility index (Phi) is 10.8. The van der Waals surface area contributed by atoms with Crippen LogP contribution >= 0.6 is 0 Å². The van der Waals surface area contributed by atoms with Crippen LogP contribution in [0.25, 0.3) is 22.3 Å². The van der Waals surface area contributed by atoms with Crippen molar-refractivity contribution in [1.82, 2.24) is 45.1 Å². The number of carbonyl (C=O) groups is 5. The number of aromatic nitrogens is 4. The van der Waals surface area contributed by atoms with Crippen LogP contribution in [0, 0.1) is 5.82 Å². The maximum atomic E-state index is 13.9. The number of fused-ring (bicyclic) bond motifs is 2. The van der Waals surface area contributed by atoms with Crippen LogP contribution in [0.15, 0.2) is 67.0 Å². The number of halogens is 1. The van der Waals surface area contributed by atoms with Gasteiger partial charge in [0, 0.05) is 75.6 Å². The first-order valence-corrected chi connectivity index (χ1v) is 21.8. The van der Waals surface area contributed by atoms with Crippen molar-refractivity contribution < 1.29 is 33.1 Å². The number of rotatable bonds is 10. The van der Waals surface area contributed by atoms with E-state index in [1.54, 1.807) is 12.1 Å². The topological polar surface area (TPSA) is 201 Å². The van der Waals surface area contributed by atoms with Crippen molar-refractivity contribution >= 4 is 52.1 Å². The lowest BCUT2D eigenvalue weighted by Gasteiger charge is -2.51. The summed E-state index contributed by atoms with van der Waals surface area (Å²) in [6.07, 6.45) is 5.79. The molecule has 10 rings (SSSR count). The average molecular weight is 870 g/mol. The van der Waals surface area contributed by atoms with E-state index in [0.29, 0.717) is 51.5 Å². The minimum atomic E-state index is -0.981. The number of piperidine rings is 2. The molecule has 3 aromatic carbocycles. The van der Waals surface area contributed by atoms with Gasteiger partial charge < -0.3 is 25.6 Å². The van der Waals surface area contributed by atoms with Crippen molar-refractivity contribution in [3.05, 3.63) is 95.1 Å². The fraction of sp³-hybridized carbons (Fsp3) is 0.391. The molecule has 4 fully saturated rings. The number of hydrogen-bond acceptors (Lipinski definition) is 13. The fourth-order valence-electron chi connectivity index (χ4n) is 10.0. The van der Waals surface area contributed by atoms with Crippen LogP contribution in [-0.2, 0) is 16.1 Å². The fourth-order valence-corrected chi connectivity index (χ4v) is 10.0. The van der Waals surface area contributed by atoms with Gasteiger partial charge in [-0.15, -0.1) is 0 Å². The summed E-state index contributed by atoms with van der Waals surface area (Å²) in [5.41, 5.74) is 11.2. The van der Waals surface area contributed by atoms with E-state index in [1.807, 2.05) is 35.0 Å². The zero-order valence-corrected chi connectivity index (χ0v) is 35.3. The molecule has 4 aliphatic heterocycles. The predicted octanol–water partition coefficient (Wildman–Crippen LogP) is 3.54. The number of carbonyl (C=O) groups excluding carboxylic acids is 5. The van der Waals surface area contributed by atoms with E-state index in [1.165, 1.54) is 25.6 Å². The molecule has 5 aromatic rings. The molecule has 3 saturated heterocycles. The molecule has 18 heteroatoms. The number of hydrogen-bond donors (Lipinski definition) is 3. The third kappa shape index (κ3) is 7.49. The van der Waals surface area contributed by atoms with Crippen molar-refractivity contribution in [2.75, 3.05) is 57.0 Å². The number of amides is 5. The van der Waals surface area contributed by atoms with Gasteiger partial charge in [-0.2, -0.15) is 5.10 Å². The molecule has 0 bridgehead atoms. The number of nitrogens with one attached hydrogen (secondary N) is 2. The number of ether oxygens (including phenoxy) is 1. The Morgan fingerprint density at radius 3 is 2.28 bits per heavy atom. The Morgan fingerprint density at radius 1 is 0.844 bits per heavy atom. The standard InChI is InChI=1S/C46H48FN11O6/c1-64-37-10-6-28(47)20-35(37)43(60)49-24-26-2-4-27(5-3-26)40-39-41(48)50-25-51-42(39)58(53-40)29-12-14-54(15-13-29)31-21-32(22-31)56-18-16-55(17-19-56)30-7-8-33-34(23-30)46(63)57(45(33)62)36-9-11-38(59)52-44(36)61/h2-8,10,20,23,25,29,31-32,36H,9,11-19,21-22,24H2,1H3,(H,49,60)(H2,48,50,51)(H,52,59,61)/t31-,32-,36-/m0/s1. The highest BCUT2D eigenvalue weighted by atomic mass is 19.1. The molecule has 2 aromatic heterocycles. The molecule has 4 N–H and O–H groups in total. The van der Waals surface area contributed by atoms with Gasteiger partial charge >= 0.3 is 0 Å². The van der Waals surface area contributed by atoms with E-state index in [4.69, 9.17) is 15.6 Å². The van der Waals surface area contributed by atoms with Gasteiger partial charge in [-0.25, -0.2) is 19.0 Å². The average Bonchev–Trinajstić information content (AvgIpc) is 3.80. The number of likely N-dealkylation sites (tertiary alicyclic amines) is 1. The van der Waals surface area contributed by atoms with Crippen molar-refractivity contribution in [3.8, 4) is 17.0 Å². The molecule has 0 radical (unpaired) electrons. The van der Waals surface area contributed by atoms with Gasteiger partial charge in [0.2, 0.25) is 11.8 Å². The Morgan fingerprint density at radius 2 is 1.56 bits per heavy atom. The zero-order valence-electron chi connectivity index (χ0n) is 35.3. The van der Waals surface area contributed by atoms with Gasteiger partial charge in [0.05, 0.1) is 35.2 Å². The van der Waals surface area contributed by atoms with E-state index in [0.717, 1.165) is 92.7 Å². The third-order valence-corrected chi connectivity index (χ3v) is 13.7.